The lowest BCUT2D eigenvalue weighted by Gasteiger charge is -2.22. The second-order valence-electron chi connectivity index (χ2n) is 4.81. The molecule has 0 bridgehead atoms. The molecule has 0 saturated carbocycles. The number of halogens is 2. The van der Waals surface area contributed by atoms with Crippen LogP contribution in [0.3, 0.4) is 0 Å². The van der Waals surface area contributed by atoms with Crippen LogP contribution in [0.25, 0.3) is 0 Å². The summed E-state index contributed by atoms with van der Waals surface area (Å²) >= 11 is 0. The molecule has 0 radical (unpaired) electrons. The number of hydrogen-bond acceptors (Lipinski definition) is 3. The fourth-order valence-electron chi connectivity index (χ4n) is 2.12. The molecule has 1 aliphatic heterocycles. The van der Waals surface area contributed by atoms with E-state index >= 15 is 0 Å². The largest absolute Gasteiger partial charge is 0.374 e. The molecule has 1 saturated heterocycles. The summed E-state index contributed by atoms with van der Waals surface area (Å²) in [4.78, 5) is 13.8. The summed E-state index contributed by atoms with van der Waals surface area (Å²) in [6, 6.07) is -0.176. The van der Waals surface area contributed by atoms with Gasteiger partial charge in [0.2, 0.25) is 5.91 Å². The van der Waals surface area contributed by atoms with E-state index in [4.69, 9.17) is 4.74 Å². The predicted octanol–water partition coefficient (Wildman–Crippen LogP) is 1.46. The van der Waals surface area contributed by atoms with Crippen molar-refractivity contribution in [2.45, 2.75) is 45.8 Å². The molecule has 1 N–H and O–H groups in total. The molecule has 1 rings (SSSR count). The molecule has 2 atom stereocenters. The molecular weight excluding hydrogens is 242 g/mol. The molecule has 1 fully saturated rings. The standard InChI is InChI=1S/C12H22F2N2O2/c1-4-10-15-11(8(2)3)12(17)16(10)5-6-18-7-9(13)14/h8-11,15H,4-7H2,1-3H3. The van der Waals surface area contributed by atoms with Gasteiger partial charge in [-0.05, 0) is 12.3 Å². The first-order valence-corrected chi connectivity index (χ1v) is 6.39. The minimum Gasteiger partial charge on any atom is -0.374 e. The number of amides is 1. The van der Waals surface area contributed by atoms with Crippen molar-refractivity contribution < 1.29 is 18.3 Å². The van der Waals surface area contributed by atoms with E-state index < -0.39 is 13.0 Å². The summed E-state index contributed by atoms with van der Waals surface area (Å²) in [5.41, 5.74) is 0. The van der Waals surface area contributed by atoms with Crippen molar-refractivity contribution in [2.24, 2.45) is 5.92 Å². The second kappa shape index (κ2) is 6.99. The summed E-state index contributed by atoms with van der Waals surface area (Å²) in [7, 11) is 0. The Morgan fingerprint density at radius 2 is 2.11 bits per heavy atom. The van der Waals surface area contributed by atoms with Crippen molar-refractivity contribution in [2.75, 3.05) is 19.8 Å². The smallest absolute Gasteiger partial charge is 0.261 e. The Hall–Kier alpha value is -0.750. The van der Waals surface area contributed by atoms with E-state index in [0.29, 0.717) is 6.54 Å². The summed E-state index contributed by atoms with van der Waals surface area (Å²) < 4.78 is 28.6. The van der Waals surface area contributed by atoms with Crippen LogP contribution in [0.2, 0.25) is 0 Å². The van der Waals surface area contributed by atoms with Gasteiger partial charge in [-0.3, -0.25) is 10.1 Å². The van der Waals surface area contributed by atoms with Crippen molar-refractivity contribution >= 4 is 5.91 Å². The zero-order valence-electron chi connectivity index (χ0n) is 11.2. The lowest BCUT2D eigenvalue weighted by atomic mass is 10.1. The lowest BCUT2D eigenvalue weighted by molar-refractivity contribution is -0.131. The van der Waals surface area contributed by atoms with E-state index in [1.54, 1.807) is 4.90 Å². The lowest BCUT2D eigenvalue weighted by Crippen LogP contribution is -2.39. The van der Waals surface area contributed by atoms with Crippen LogP contribution in [0.1, 0.15) is 27.2 Å². The van der Waals surface area contributed by atoms with Crippen LogP contribution in [-0.2, 0) is 9.53 Å². The average molecular weight is 264 g/mol. The molecule has 0 aromatic rings. The van der Waals surface area contributed by atoms with Crippen LogP contribution >= 0.6 is 0 Å². The van der Waals surface area contributed by atoms with Gasteiger partial charge in [-0.15, -0.1) is 0 Å². The topological polar surface area (TPSA) is 41.6 Å². The normalized spacial score (nSPS) is 24.6. The fourth-order valence-corrected chi connectivity index (χ4v) is 2.12. The number of nitrogens with zero attached hydrogens (tertiary/aromatic N) is 1. The first kappa shape index (κ1) is 15.3. The minimum absolute atomic E-state index is 0.0138. The summed E-state index contributed by atoms with van der Waals surface area (Å²) in [6.45, 7) is 5.90. The molecule has 2 unspecified atom stereocenters. The molecule has 4 nitrogen and oxygen atoms in total. The van der Waals surface area contributed by atoms with Gasteiger partial charge in [-0.25, -0.2) is 8.78 Å². The SMILES string of the molecule is CCC1NC(C(C)C)C(=O)N1CCOCC(F)F. The van der Waals surface area contributed by atoms with Crippen molar-refractivity contribution in [3.8, 4) is 0 Å². The average Bonchev–Trinajstić information content (AvgIpc) is 2.61. The molecular formula is C12H22F2N2O2. The van der Waals surface area contributed by atoms with Crippen LogP contribution in [0.15, 0.2) is 0 Å². The third-order valence-electron chi connectivity index (χ3n) is 3.07. The van der Waals surface area contributed by atoms with Crippen molar-refractivity contribution in [3.05, 3.63) is 0 Å². The minimum atomic E-state index is -2.46. The number of hydrogen-bond donors (Lipinski definition) is 1. The van der Waals surface area contributed by atoms with E-state index in [2.05, 4.69) is 5.32 Å². The van der Waals surface area contributed by atoms with Crippen molar-refractivity contribution in [1.29, 1.82) is 0 Å². The third-order valence-corrected chi connectivity index (χ3v) is 3.07. The van der Waals surface area contributed by atoms with Gasteiger partial charge in [-0.2, -0.15) is 0 Å². The van der Waals surface area contributed by atoms with Crippen LogP contribution in [0, 0.1) is 5.92 Å². The molecule has 1 heterocycles. The quantitative estimate of drug-likeness (QED) is 0.708. The van der Waals surface area contributed by atoms with Crippen LogP contribution in [0.5, 0.6) is 0 Å². The van der Waals surface area contributed by atoms with Crippen molar-refractivity contribution in [3.63, 3.8) is 0 Å². The van der Waals surface area contributed by atoms with Gasteiger partial charge in [0, 0.05) is 6.54 Å². The molecule has 106 valence electrons. The maximum absolute atomic E-state index is 12.1. The second-order valence-corrected chi connectivity index (χ2v) is 4.81. The van der Waals surface area contributed by atoms with Gasteiger partial charge in [-0.1, -0.05) is 20.8 Å². The molecule has 0 aromatic carbocycles. The van der Waals surface area contributed by atoms with Gasteiger partial charge >= 0.3 is 0 Å². The maximum atomic E-state index is 12.1. The van der Waals surface area contributed by atoms with Gasteiger partial charge in [0.25, 0.3) is 6.43 Å². The Bertz CT molecular complexity index is 275. The summed E-state index contributed by atoms with van der Waals surface area (Å²) in [5, 5.41) is 3.26. The number of carbonyl (C=O) groups is 1. The third kappa shape index (κ3) is 3.88. The Morgan fingerprint density at radius 1 is 1.44 bits per heavy atom. The van der Waals surface area contributed by atoms with E-state index in [9.17, 15) is 13.6 Å². The zero-order valence-corrected chi connectivity index (χ0v) is 11.2. The highest BCUT2D eigenvalue weighted by Crippen LogP contribution is 2.18. The highest BCUT2D eigenvalue weighted by atomic mass is 19.3. The van der Waals surface area contributed by atoms with Crippen LogP contribution in [-0.4, -0.2) is 49.2 Å². The van der Waals surface area contributed by atoms with E-state index in [1.807, 2.05) is 20.8 Å². The molecule has 18 heavy (non-hydrogen) atoms. The van der Waals surface area contributed by atoms with Crippen molar-refractivity contribution in [1.82, 2.24) is 10.2 Å². The van der Waals surface area contributed by atoms with E-state index in [1.165, 1.54) is 0 Å². The molecule has 0 aliphatic carbocycles. The first-order chi connectivity index (χ1) is 8.47. The van der Waals surface area contributed by atoms with Crippen LogP contribution in [0.4, 0.5) is 8.78 Å². The fraction of sp³-hybridized carbons (Fsp3) is 0.917. The number of ether oxygens (including phenoxy) is 1. The molecule has 1 amide bonds. The number of nitrogens with one attached hydrogen (secondary N) is 1. The first-order valence-electron chi connectivity index (χ1n) is 6.39. The summed E-state index contributed by atoms with van der Waals surface area (Å²) in [6.07, 6.45) is -1.67. The Kier molecular flexibility index (Phi) is 5.95. The highest BCUT2D eigenvalue weighted by Gasteiger charge is 2.38. The number of rotatable bonds is 7. The monoisotopic (exact) mass is 264 g/mol. The number of carbonyl (C=O) groups excluding carboxylic acids is 1. The predicted molar refractivity (Wildman–Crippen MR) is 64.4 cm³/mol. The van der Waals surface area contributed by atoms with Gasteiger partial charge in [0.05, 0.1) is 18.8 Å². The maximum Gasteiger partial charge on any atom is 0.261 e. The Labute approximate surface area is 107 Å². The van der Waals surface area contributed by atoms with Gasteiger partial charge in [0.15, 0.2) is 0 Å². The van der Waals surface area contributed by atoms with Crippen LogP contribution < -0.4 is 5.32 Å². The van der Waals surface area contributed by atoms with Gasteiger partial charge in [0.1, 0.15) is 6.61 Å². The Morgan fingerprint density at radius 3 is 2.61 bits per heavy atom. The van der Waals surface area contributed by atoms with E-state index in [0.717, 1.165) is 6.42 Å². The van der Waals surface area contributed by atoms with E-state index in [-0.39, 0.29) is 30.6 Å². The zero-order chi connectivity index (χ0) is 13.7. The molecule has 0 aromatic heterocycles. The molecule has 1 aliphatic rings. The Balaban J connectivity index is 2.44. The molecule has 6 heteroatoms. The highest BCUT2D eigenvalue weighted by molar-refractivity contribution is 5.84. The molecule has 0 spiro atoms. The number of alkyl halides is 2. The van der Waals surface area contributed by atoms with Gasteiger partial charge < -0.3 is 9.64 Å². The summed E-state index contributed by atoms with van der Waals surface area (Å²) in [5.74, 6) is 0.260.